The van der Waals surface area contributed by atoms with E-state index in [-0.39, 0.29) is 5.91 Å². The molecule has 4 aromatic rings. The third-order valence-corrected chi connectivity index (χ3v) is 5.37. The number of thioether (sulfide) groups is 1. The maximum Gasteiger partial charge on any atom is 0.258 e. The van der Waals surface area contributed by atoms with Gasteiger partial charge in [0, 0.05) is 23.7 Å². The number of aromatic nitrogens is 2. The molecular formula is C23H21N3O4S. The van der Waals surface area contributed by atoms with E-state index in [9.17, 15) is 4.79 Å². The lowest BCUT2D eigenvalue weighted by atomic mass is 10.2. The molecule has 1 amide bonds. The zero-order chi connectivity index (χ0) is 21.5. The molecule has 0 spiro atoms. The first-order valence-corrected chi connectivity index (χ1v) is 10.7. The van der Waals surface area contributed by atoms with Gasteiger partial charge < -0.3 is 19.0 Å². The zero-order valence-electron chi connectivity index (χ0n) is 16.9. The molecule has 0 unspecified atom stereocenters. The summed E-state index contributed by atoms with van der Waals surface area (Å²) in [5, 5.41) is 7.56. The summed E-state index contributed by atoms with van der Waals surface area (Å²) in [6, 6.07) is 16.6. The number of pyridine rings is 1. The highest BCUT2D eigenvalue weighted by atomic mass is 32.2. The maximum absolute atomic E-state index is 12.9. The summed E-state index contributed by atoms with van der Waals surface area (Å²) < 4.78 is 16.0. The molecular weight excluding hydrogens is 414 g/mol. The molecule has 0 saturated heterocycles. The summed E-state index contributed by atoms with van der Waals surface area (Å²) >= 11 is 1.44. The van der Waals surface area contributed by atoms with E-state index in [0.717, 1.165) is 22.8 Å². The molecule has 3 heterocycles. The minimum absolute atomic E-state index is 0.222. The van der Waals surface area contributed by atoms with E-state index in [1.807, 2.05) is 49.4 Å². The van der Waals surface area contributed by atoms with Crippen molar-refractivity contribution in [3.8, 4) is 0 Å². The number of nitrogens with zero attached hydrogens (tertiary/aromatic N) is 2. The molecule has 7 nitrogen and oxygen atoms in total. The molecule has 0 aliphatic carbocycles. The second-order valence-electron chi connectivity index (χ2n) is 6.80. The Bertz CT molecular complexity index is 1140. The largest absolute Gasteiger partial charge is 0.467 e. The Kier molecular flexibility index (Phi) is 6.81. The van der Waals surface area contributed by atoms with Gasteiger partial charge in [-0.2, -0.15) is 0 Å². The number of rotatable bonds is 9. The van der Waals surface area contributed by atoms with Gasteiger partial charge in [0.15, 0.2) is 0 Å². The van der Waals surface area contributed by atoms with Crippen molar-refractivity contribution >= 4 is 23.4 Å². The molecule has 0 saturated carbocycles. The summed E-state index contributed by atoms with van der Waals surface area (Å²) in [5.74, 6) is 1.87. The Hall–Kier alpha value is -3.36. The van der Waals surface area contributed by atoms with Gasteiger partial charge in [-0.15, -0.1) is 0 Å². The Morgan fingerprint density at radius 2 is 2.06 bits per heavy atom. The number of aryl methyl sites for hydroxylation is 1. The molecule has 3 aromatic heterocycles. The standard InChI is InChI=1S/C23H21N3O4S/c1-16-11-19(26-30-16)15-31-23-21(8-3-9-24-23)22(27)25-18-6-2-5-17(12-18)13-28-14-20-7-4-10-29-20/h2-12H,13-15H2,1H3,(H,25,27). The number of carbonyl (C=O) groups is 1. The number of benzene rings is 1. The molecule has 0 bridgehead atoms. The zero-order valence-corrected chi connectivity index (χ0v) is 17.7. The fourth-order valence-electron chi connectivity index (χ4n) is 2.91. The van der Waals surface area contributed by atoms with Crippen molar-refractivity contribution in [1.29, 1.82) is 0 Å². The molecule has 4 rings (SSSR count). The first kappa shape index (κ1) is 20.9. The topological polar surface area (TPSA) is 90.4 Å². The molecule has 0 atom stereocenters. The SMILES string of the molecule is Cc1cc(CSc2ncccc2C(=O)Nc2cccc(COCc3ccco3)c2)no1. The second-order valence-corrected chi connectivity index (χ2v) is 7.76. The van der Waals surface area contributed by atoms with Crippen LogP contribution in [0.1, 0.15) is 33.1 Å². The lowest BCUT2D eigenvalue weighted by Gasteiger charge is -2.10. The third-order valence-electron chi connectivity index (χ3n) is 4.33. The number of carbonyl (C=O) groups excluding carboxylic acids is 1. The molecule has 0 aliphatic rings. The van der Waals surface area contributed by atoms with E-state index in [2.05, 4.69) is 15.5 Å². The lowest BCUT2D eigenvalue weighted by molar-refractivity contribution is 0.0929. The smallest absolute Gasteiger partial charge is 0.258 e. The summed E-state index contributed by atoms with van der Waals surface area (Å²) in [7, 11) is 0. The van der Waals surface area contributed by atoms with Crippen molar-refractivity contribution in [2.75, 3.05) is 5.32 Å². The second kappa shape index (κ2) is 10.1. The maximum atomic E-state index is 12.9. The van der Waals surface area contributed by atoms with Gasteiger partial charge in [0.1, 0.15) is 23.2 Å². The van der Waals surface area contributed by atoms with Gasteiger partial charge in [0.25, 0.3) is 5.91 Å². The van der Waals surface area contributed by atoms with Crippen molar-refractivity contribution in [3.05, 3.63) is 95.4 Å². The van der Waals surface area contributed by atoms with Gasteiger partial charge in [-0.1, -0.05) is 29.1 Å². The van der Waals surface area contributed by atoms with Crippen LogP contribution in [0.5, 0.6) is 0 Å². The average Bonchev–Trinajstić information content (AvgIpc) is 3.44. The van der Waals surface area contributed by atoms with E-state index in [1.165, 1.54) is 11.8 Å². The fraction of sp³-hybridized carbons (Fsp3) is 0.174. The van der Waals surface area contributed by atoms with Crippen LogP contribution in [-0.2, 0) is 23.7 Å². The van der Waals surface area contributed by atoms with Crippen LogP contribution in [-0.4, -0.2) is 16.0 Å². The first-order chi connectivity index (χ1) is 15.2. The number of ether oxygens (including phenoxy) is 1. The third kappa shape index (κ3) is 5.84. The molecule has 1 aromatic carbocycles. The van der Waals surface area contributed by atoms with Crippen molar-refractivity contribution in [2.45, 2.75) is 30.9 Å². The van der Waals surface area contributed by atoms with Gasteiger partial charge in [-0.3, -0.25) is 4.79 Å². The summed E-state index contributed by atoms with van der Waals surface area (Å²) in [5.41, 5.74) is 2.96. The summed E-state index contributed by atoms with van der Waals surface area (Å²) in [4.78, 5) is 17.2. The molecule has 0 fully saturated rings. The van der Waals surface area contributed by atoms with Crippen molar-refractivity contribution < 1.29 is 18.5 Å². The Morgan fingerprint density at radius 1 is 1.13 bits per heavy atom. The number of amides is 1. The monoisotopic (exact) mass is 435 g/mol. The van der Waals surface area contributed by atoms with Gasteiger partial charge in [0.05, 0.1) is 24.1 Å². The van der Waals surface area contributed by atoms with Crippen LogP contribution >= 0.6 is 11.8 Å². The van der Waals surface area contributed by atoms with Crippen LogP contribution in [0.25, 0.3) is 0 Å². The molecule has 31 heavy (non-hydrogen) atoms. The fourth-order valence-corrected chi connectivity index (χ4v) is 3.78. The van der Waals surface area contributed by atoms with Gasteiger partial charge in [0.2, 0.25) is 0 Å². The van der Waals surface area contributed by atoms with Crippen LogP contribution in [0, 0.1) is 6.92 Å². The molecule has 0 aliphatic heterocycles. The Morgan fingerprint density at radius 3 is 2.87 bits per heavy atom. The van der Waals surface area contributed by atoms with Gasteiger partial charge in [-0.25, -0.2) is 4.98 Å². The van der Waals surface area contributed by atoms with Crippen LogP contribution in [0.4, 0.5) is 5.69 Å². The van der Waals surface area contributed by atoms with E-state index >= 15 is 0 Å². The highest BCUT2D eigenvalue weighted by Gasteiger charge is 2.14. The van der Waals surface area contributed by atoms with Crippen molar-refractivity contribution in [3.63, 3.8) is 0 Å². The normalized spacial score (nSPS) is 10.9. The minimum Gasteiger partial charge on any atom is -0.467 e. The van der Waals surface area contributed by atoms with E-state index in [0.29, 0.717) is 35.2 Å². The number of furan rings is 1. The van der Waals surface area contributed by atoms with E-state index in [1.54, 1.807) is 24.6 Å². The van der Waals surface area contributed by atoms with Crippen LogP contribution in [0.3, 0.4) is 0 Å². The predicted molar refractivity (Wildman–Crippen MR) is 117 cm³/mol. The van der Waals surface area contributed by atoms with E-state index in [4.69, 9.17) is 13.7 Å². The number of nitrogens with one attached hydrogen (secondary N) is 1. The predicted octanol–water partition coefficient (Wildman–Crippen LogP) is 5.23. The summed E-state index contributed by atoms with van der Waals surface area (Å²) in [6.07, 6.45) is 3.29. The van der Waals surface area contributed by atoms with Crippen molar-refractivity contribution in [2.24, 2.45) is 0 Å². The number of hydrogen-bond donors (Lipinski definition) is 1. The molecule has 158 valence electrons. The highest BCUT2D eigenvalue weighted by Crippen LogP contribution is 2.25. The molecule has 8 heteroatoms. The first-order valence-electron chi connectivity index (χ1n) is 9.68. The minimum atomic E-state index is -0.222. The van der Waals surface area contributed by atoms with E-state index < -0.39 is 0 Å². The van der Waals surface area contributed by atoms with Crippen LogP contribution < -0.4 is 5.32 Å². The highest BCUT2D eigenvalue weighted by molar-refractivity contribution is 7.98. The number of hydrogen-bond acceptors (Lipinski definition) is 7. The molecule has 0 radical (unpaired) electrons. The van der Waals surface area contributed by atoms with Crippen LogP contribution in [0.2, 0.25) is 0 Å². The Labute approximate surface area is 183 Å². The average molecular weight is 436 g/mol. The Balaban J connectivity index is 1.37. The summed E-state index contributed by atoms with van der Waals surface area (Å²) in [6.45, 7) is 2.65. The van der Waals surface area contributed by atoms with Gasteiger partial charge >= 0.3 is 0 Å². The van der Waals surface area contributed by atoms with Gasteiger partial charge in [-0.05, 0) is 48.9 Å². The lowest BCUT2D eigenvalue weighted by Crippen LogP contribution is -2.13. The quantitative estimate of drug-likeness (QED) is 0.360. The van der Waals surface area contributed by atoms with Crippen LogP contribution in [0.15, 0.2) is 81.0 Å². The number of anilines is 1. The molecule has 1 N–H and O–H groups in total. The van der Waals surface area contributed by atoms with Crippen molar-refractivity contribution in [1.82, 2.24) is 10.1 Å².